The predicted octanol–water partition coefficient (Wildman–Crippen LogP) is 3.98. The van der Waals surface area contributed by atoms with Gasteiger partial charge in [-0.3, -0.25) is 0 Å². The van der Waals surface area contributed by atoms with Crippen molar-refractivity contribution in [2.75, 3.05) is 18.9 Å². The lowest BCUT2D eigenvalue weighted by Crippen LogP contribution is -2.35. The second-order valence-electron chi connectivity index (χ2n) is 4.87. The summed E-state index contributed by atoms with van der Waals surface area (Å²) in [6.45, 7) is 3.93. The maximum absolute atomic E-state index is 13.2. The molecule has 1 N–H and O–H groups in total. The first kappa shape index (κ1) is 15.4. The summed E-state index contributed by atoms with van der Waals surface area (Å²) in [5.41, 5.74) is 0. The van der Waals surface area contributed by atoms with Crippen LogP contribution in [0.1, 0.15) is 26.2 Å². The van der Waals surface area contributed by atoms with Crippen LogP contribution in [0.15, 0.2) is 41.0 Å². The van der Waals surface area contributed by atoms with E-state index in [1.165, 1.54) is 6.07 Å². The molecule has 1 aliphatic rings. The van der Waals surface area contributed by atoms with Crippen LogP contribution in [-0.4, -0.2) is 24.9 Å². The Labute approximate surface area is 124 Å². The molecule has 0 spiro atoms. The maximum atomic E-state index is 13.2. The quantitative estimate of drug-likeness (QED) is 0.769. The molecule has 1 aromatic carbocycles. The molecule has 0 amide bonds. The largest absolute Gasteiger partial charge is 0.497 e. The third-order valence-electron chi connectivity index (χ3n) is 3.16. The number of hydrogen-bond acceptors (Lipinski definition) is 3. The summed E-state index contributed by atoms with van der Waals surface area (Å²) in [4.78, 5) is 0.963. The van der Waals surface area contributed by atoms with E-state index in [-0.39, 0.29) is 11.9 Å². The van der Waals surface area contributed by atoms with Crippen molar-refractivity contribution in [2.45, 2.75) is 37.1 Å². The first-order valence-corrected chi connectivity index (χ1v) is 8.22. The van der Waals surface area contributed by atoms with Crippen LogP contribution in [0.4, 0.5) is 4.39 Å². The van der Waals surface area contributed by atoms with Crippen LogP contribution in [-0.2, 0) is 4.74 Å². The summed E-state index contributed by atoms with van der Waals surface area (Å²) in [5, 5.41) is 3.52. The van der Waals surface area contributed by atoms with Crippen LogP contribution in [0.5, 0.6) is 0 Å². The van der Waals surface area contributed by atoms with Crippen molar-refractivity contribution >= 4 is 11.8 Å². The van der Waals surface area contributed by atoms with E-state index in [0.29, 0.717) is 0 Å². The van der Waals surface area contributed by atoms with Crippen molar-refractivity contribution in [3.63, 3.8) is 0 Å². The zero-order valence-corrected chi connectivity index (χ0v) is 12.7. The molecule has 0 aromatic heterocycles. The highest BCUT2D eigenvalue weighted by Crippen LogP contribution is 2.23. The molecule has 1 heterocycles. The van der Waals surface area contributed by atoms with E-state index in [1.54, 1.807) is 23.9 Å². The molecular weight excluding hydrogens is 273 g/mol. The lowest BCUT2D eigenvalue weighted by Gasteiger charge is -2.24. The van der Waals surface area contributed by atoms with Gasteiger partial charge in [0.1, 0.15) is 11.6 Å². The van der Waals surface area contributed by atoms with Crippen molar-refractivity contribution in [3.05, 3.63) is 41.9 Å². The van der Waals surface area contributed by atoms with Crippen LogP contribution < -0.4 is 5.32 Å². The number of ether oxygens (including phenoxy) is 1. The number of benzene rings is 1. The fourth-order valence-electron chi connectivity index (χ4n) is 2.12. The smallest absolute Gasteiger partial charge is 0.124 e. The SMILES string of the molecule is CCCNC(CSc1cccc(F)c1)C1=CCCCO1. The van der Waals surface area contributed by atoms with Gasteiger partial charge in [-0.05, 0) is 50.1 Å². The van der Waals surface area contributed by atoms with Crippen LogP contribution in [0.2, 0.25) is 0 Å². The predicted molar refractivity (Wildman–Crippen MR) is 82.5 cm³/mol. The molecule has 0 bridgehead atoms. The van der Waals surface area contributed by atoms with Crippen LogP contribution in [0, 0.1) is 5.82 Å². The third kappa shape index (κ3) is 4.84. The van der Waals surface area contributed by atoms with Crippen molar-refractivity contribution < 1.29 is 9.13 Å². The standard InChI is InChI=1S/C16H22FNOS/c1-2-9-18-15(16-8-3-4-10-19-16)12-20-14-7-5-6-13(17)11-14/h5-8,11,15,18H,2-4,9-10,12H2,1H3. The monoisotopic (exact) mass is 295 g/mol. The van der Waals surface area contributed by atoms with E-state index in [1.807, 2.05) is 6.07 Å². The lowest BCUT2D eigenvalue weighted by atomic mass is 10.1. The van der Waals surface area contributed by atoms with Gasteiger partial charge < -0.3 is 10.1 Å². The first-order chi connectivity index (χ1) is 9.79. The summed E-state index contributed by atoms with van der Waals surface area (Å²) in [5.74, 6) is 1.73. The van der Waals surface area contributed by atoms with Gasteiger partial charge in [-0.1, -0.05) is 13.0 Å². The van der Waals surface area contributed by atoms with Crippen molar-refractivity contribution in [2.24, 2.45) is 0 Å². The van der Waals surface area contributed by atoms with Gasteiger partial charge in [0.15, 0.2) is 0 Å². The first-order valence-electron chi connectivity index (χ1n) is 7.24. The van der Waals surface area contributed by atoms with Crippen LogP contribution >= 0.6 is 11.8 Å². The van der Waals surface area contributed by atoms with Crippen LogP contribution in [0.25, 0.3) is 0 Å². The minimum Gasteiger partial charge on any atom is -0.497 e. The van der Waals surface area contributed by atoms with Gasteiger partial charge in [0, 0.05) is 10.6 Å². The molecule has 0 radical (unpaired) electrons. The minimum atomic E-state index is -0.179. The molecule has 4 heteroatoms. The summed E-state index contributed by atoms with van der Waals surface area (Å²) in [7, 11) is 0. The highest BCUT2D eigenvalue weighted by molar-refractivity contribution is 7.99. The van der Waals surface area contributed by atoms with Gasteiger partial charge in [0.05, 0.1) is 12.6 Å². The molecule has 20 heavy (non-hydrogen) atoms. The van der Waals surface area contributed by atoms with E-state index in [4.69, 9.17) is 4.74 Å². The maximum Gasteiger partial charge on any atom is 0.124 e. The van der Waals surface area contributed by atoms with Gasteiger partial charge >= 0.3 is 0 Å². The average Bonchev–Trinajstić information content (AvgIpc) is 2.48. The van der Waals surface area contributed by atoms with Crippen LogP contribution in [0.3, 0.4) is 0 Å². The average molecular weight is 295 g/mol. The molecule has 2 nitrogen and oxygen atoms in total. The molecule has 110 valence electrons. The zero-order valence-electron chi connectivity index (χ0n) is 11.9. The summed E-state index contributed by atoms with van der Waals surface area (Å²) in [6, 6.07) is 6.97. The molecular formula is C16H22FNOS. The molecule has 1 atom stereocenters. The van der Waals surface area contributed by atoms with E-state index >= 15 is 0 Å². The second-order valence-corrected chi connectivity index (χ2v) is 5.97. The van der Waals surface area contributed by atoms with Crippen molar-refractivity contribution in [1.29, 1.82) is 0 Å². The summed E-state index contributed by atoms with van der Waals surface area (Å²) < 4.78 is 18.9. The Hall–Kier alpha value is -1.00. The van der Waals surface area contributed by atoms with Gasteiger partial charge in [-0.15, -0.1) is 11.8 Å². The second kappa shape index (κ2) is 8.32. The zero-order chi connectivity index (χ0) is 14.2. The molecule has 0 saturated carbocycles. The molecule has 1 aromatic rings. The Balaban J connectivity index is 1.94. The fraction of sp³-hybridized carbons (Fsp3) is 0.500. The van der Waals surface area contributed by atoms with E-state index in [0.717, 1.165) is 48.8 Å². The van der Waals surface area contributed by atoms with E-state index in [2.05, 4.69) is 18.3 Å². The van der Waals surface area contributed by atoms with Crippen molar-refractivity contribution in [1.82, 2.24) is 5.32 Å². The number of hydrogen-bond donors (Lipinski definition) is 1. The summed E-state index contributed by atoms with van der Waals surface area (Å²) in [6.07, 6.45) is 5.46. The number of allylic oxidation sites excluding steroid dienone is 1. The molecule has 1 aliphatic heterocycles. The summed E-state index contributed by atoms with van der Waals surface area (Å²) >= 11 is 1.66. The Morgan fingerprint density at radius 1 is 1.45 bits per heavy atom. The molecule has 1 unspecified atom stereocenters. The Morgan fingerprint density at radius 3 is 3.05 bits per heavy atom. The van der Waals surface area contributed by atoms with Gasteiger partial charge in [-0.25, -0.2) is 4.39 Å². The highest BCUT2D eigenvalue weighted by atomic mass is 32.2. The molecule has 2 rings (SSSR count). The number of halogens is 1. The van der Waals surface area contributed by atoms with E-state index in [9.17, 15) is 4.39 Å². The number of thioether (sulfide) groups is 1. The third-order valence-corrected chi connectivity index (χ3v) is 4.25. The van der Waals surface area contributed by atoms with Gasteiger partial charge in [0.25, 0.3) is 0 Å². The van der Waals surface area contributed by atoms with Crippen molar-refractivity contribution in [3.8, 4) is 0 Å². The number of rotatable bonds is 7. The topological polar surface area (TPSA) is 21.3 Å². The number of nitrogens with one attached hydrogen (secondary N) is 1. The Morgan fingerprint density at radius 2 is 2.35 bits per heavy atom. The lowest BCUT2D eigenvalue weighted by molar-refractivity contribution is 0.172. The Bertz CT molecular complexity index is 450. The van der Waals surface area contributed by atoms with Gasteiger partial charge in [-0.2, -0.15) is 0 Å². The normalized spacial score (nSPS) is 16.4. The minimum absolute atomic E-state index is 0.179. The van der Waals surface area contributed by atoms with Gasteiger partial charge in [0.2, 0.25) is 0 Å². The fourth-order valence-corrected chi connectivity index (χ4v) is 3.13. The van der Waals surface area contributed by atoms with E-state index < -0.39 is 0 Å². The Kier molecular flexibility index (Phi) is 6.40. The highest BCUT2D eigenvalue weighted by Gasteiger charge is 2.17. The molecule has 0 fully saturated rings. The molecule has 0 aliphatic carbocycles. The molecule has 0 saturated heterocycles.